The Labute approximate surface area is 231 Å². The van der Waals surface area contributed by atoms with E-state index in [2.05, 4.69) is 0 Å². The van der Waals surface area contributed by atoms with Gasteiger partial charge in [-0.05, 0) is 67.9 Å². The molecule has 0 bridgehead atoms. The highest BCUT2D eigenvalue weighted by Gasteiger charge is 2.30. The Morgan fingerprint density at radius 2 is 1.76 bits per heavy atom. The van der Waals surface area contributed by atoms with Gasteiger partial charge in [-0.15, -0.1) is 0 Å². The molecule has 1 aromatic heterocycles. The lowest BCUT2D eigenvalue weighted by molar-refractivity contribution is 0.0579. The number of rotatable bonds is 10. The van der Waals surface area contributed by atoms with E-state index in [0.29, 0.717) is 58.4 Å². The van der Waals surface area contributed by atoms with Gasteiger partial charge in [-0.3, -0.25) is 14.2 Å². The molecule has 0 fully saturated rings. The van der Waals surface area contributed by atoms with E-state index in [9.17, 15) is 9.59 Å². The van der Waals surface area contributed by atoms with Crippen molar-refractivity contribution >= 4 is 40.0 Å². The lowest BCUT2D eigenvalue weighted by Crippen LogP contribution is -2.40. The topological polar surface area (TPSA) is 73.7 Å². The minimum atomic E-state index is -0.545. The summed E-state index contributed by atoms with van der Waals surface area (Å²) < 4.78 is 12.5. The third-order valence-corrected chi connectivity index (χ3v) is 6.97. The van der Waals surface area contributed by atoms with Crippen LogP contribution in [0.1, 0.15) is 42.5 Å². The van der Waals surface area contributed by atoms with Gasteiger partial charge in [0.15, 0.2) is 0 Å². The molecule has 38 heavy (non-hydrogen) atoms. The lowest BCUT2D eigenvalue weighted by atomic mass is 10.1. The number of amides is 1. The number of nitrogens with zero attached hydrogens (tertiary/aromatic N) is 3. The van der Waals surface area contributed by atoms with Gasteiger partial charge in [0, 0.05) is 19.2 Å². The van der Waals surface area contributed by atoms with Crippen LogP contribution in [-0.4, -0.2) is 47.2 Å². The fourth-order valence-electron chi connectivity index (χ4n) is 4.41. The number of carbonyl (C=O) groups is 1. The first-order valence-corrected chi connectivity index (χ1v) is 13.1. The van der Waals surface area contributed by atoms with Crippen molar-refractivity contribution in [1.82, 2.24) is 14.5 Å². The molecule has 4 aromatic rings. The van der Waals surface area contributed by atoms with Crippen molar-refractivity contribution in [2.75, 3.05) is 26.9 Å². The molecule has 1 amide bonds. The van der Waals surface area contributed by atoms with Crippen molar-refractivity contribution in [3.8, 4) is 11.4 Å². The SMILES string of the molecule is CCOc1ccc(-n2c(C(CC)N(CCOC)C(=O)c3ccc(Cl)c(Cl)c3)nc3ccccc3c2=O)cc1. The molecule has 0 aliphatic carbocycles. The number of methoxy groups -OCH3 is 1. The van der Waals surface area contributed by atoms with E-state index >= 15 is 0 Å². The molecule has 3 aromatic carbocycles. The number of benzene rings is 3. The quantitative estimate of drug-likeness (QED) is 0.229. The summed E-state index contributed by atoms with van der Waals surface area (Å²) in [4.78, 5) is 34.3. The Kier molecular flexibility index (Phi) is 9.05. The molecule has 198 valence electrons. The summed E-state index contributed by atoms with van der Waals surface area (Å²) in [7, 11) is 1.58. The smallest absolute Gasteiger partial charge is 0.266 e. The normalized spacial score (nSPS) is 11.9. The van der Waals surface area contributed by atoms with Gasteiger partial charge >= 0.3 is 0 Å². The molecule has 0 aliphatic rings. The van der Waals surface area contributed by atoms with Crippen LogP contribution >= 0.6 is 23.2 Å². The second-order valence-electron chi connectivity index (χ2n) is 8.60. The highest BCUT2D eigenvalue weighted by Crippen LogP contribution is 2.30. The van der Waals surface area contributed by atoms with Gasteiger partial charge in [-0.25, -0.2) is 4.98 Å². The van der Waals surface area contributed by atoms with Gasteiger partial charge in [0.25, 0.3) is 11.5 Å². The number of fused-ring (bicyclic) bond motifs is 1. The summed E-state index contributed by atoms with van der Waals surface area (Å²) >= 11 is 12.3. The zero-order valence-electron chi connectivity index (χ0n) is 21.5. The summed E-state index contributed by atoms with van der Waals surface area (Å²) in [6.45, 7) is 4.97. The molecule has 9 heteroatoms. The Morgan fingerprint density at radius 1 is 1.03 bits per heavy atom. The zero-order chi connectivity index (χ0) is 27.2. The second kappa shape index (κ2) is 12.4. The Bertz CT molecular complexity index is 1490. The van der Waals surface area contributed by atoms with E-state index in [0.717, 1.165) is 0 Å². The summed E-state index contributed by atoms with van der Waals surface area (Å²) in [6.07, 6.45) is 0.499. The van der Waals surface area contributed by atoms with Crippen molar-refractivity contribution in [2.24, 2.45) is 0 Å². The molecule has 0 aliphatic heterocycles. The molecule has 0 saturated heterocycles. The van der Waals surface area contributed by atoms with E-state index in [1.165, 1.54) is 0 Å². The molecule has 1 atom stereocenters. The highest BCUT2D eigenvalue weighted by molar-refractivity contribution is 6.42. The molecular formula is C29H29Cl2N3O4. The average Bonchev–Trinajstić information content (AvgIpc) is 2.93. The number of halogens is 2. The third-order valence-electron chi connectivity index (χ3n) is 6.23. The Hall–Kier alpha value is -3.39. The Balaban J connectivity index is 1.91. The first kappa shape index (κ1) is 27.6. The number of ether oxygens (including phenoxy) is 2. The maximum absolute atomic E-state index is 13.9. The van der Waals surface area contributed by atoms with E-state index in [1.807, 2.05) is 50.2 Å². The van der Waals surface area contributed by atoms with Crippen molar-refractivity contribution in [3.05, 3.63) is 98.5 Å². The van der Waals surface area contributed by atoms with E-state index in [-0.39, 0.29) is 23.0 Å². The minimum Gasteiger partial charge on any atom is -0.494 e. The molecule has 0 radical (unpaired) electrons. The van der Waals surface area contributed by atoms with Gasteiger partial charge in [0.05, 0.1) is 45.9 Å². The summed E-state index contributed by atoms with van der Waals surface area (Å²) in [5.41, 5.74) is 1.34. The number of hydrogen-bond acceptors (Lipinski definition) is 5. The average molecular weight is 554 g/mol. The lowest BCUT2D eigenvalue weighted by Gasteiger charge is -2.32. The maximum Gasteiger partial charge on any atom is 0.266 e. The van der Waals surface area contributed by atoms with E-state index in [4.69, 9.17) is 37.7 Å². The van der Waals surface area contributed by atoms with Crippen LogP contribution in [-0.2, 0) is 4.74 Å². The maximum atomic E-state index is 13.9. The van der Waals surface area contributed by atoms with Crippen LogP contribution in [0.2, 0.25) is 10.0 Å². The predicted octanol–water partition coefficient (Wildman–Crippen LogP) is 6.33. The van der Waals surface area contributed by atoms with Crippen LogP contribution in [0.15, 0.2) is 71.5 Å². The van der Waals surface area contributed by atoms with Gasteiger partial charge in [-0.1, -0.05) is 42.3 Å². The van der Waals surface area contributed by atoms with Crippen LogP contribution < -0.4 is 10.3 Å². The first-order valence-electron chi connectivity index (χ1n) is 12.4. The van der Waals surface area contributed by atoms with Gasteiger partial charge < -0.3 is 14.4 Å². The van der Waals surface area contributed by atoms with Crippen LogP contribution in [0.3, 0.4) is 0 Å². The predicted molar refractivity (Wildman–Crippen MR) is 151 cm³/mol. The monoisotopic (exact) mass is 553 g/mol. The molecule has 1 heterocycles. The summed E-state index contributed by atoms with van der Waals surface area (Å²) in [5, 5.41) is 1.13. The van der Waals surface area contributed by atoms with Crippen molar-refractivity contribution < 1.29 is 14.3 Å². The van der Waals surface area contributed by atoms with Gasteiger partial charge in [0.1, 0.15) is 11.6 Å². The Morgan fingerprint density at radius 3 is 2.42 bits per heavy atom. The number of hydrogen-bond donors (Lipinski definition) is 0. The molecular weight excluding hydrogens is 525 g/mol. The highest BCUT2D eigenvalue weighted by atomic mass is 35.5. The van der Waals surface area contributed by atoms with E-state index in [1.54, 1.807) is 46.9 Å². The first-order chi connectivity index (χ1) is 18.4. The fraction of sp³-hybridized carbons (Fsp3) is 0.276. The molecule has 0 spiro atoms. The van der Waals surface area contributed by atoms with Crippen molar-refractivity contribution in [3.63, 3.8) is 0 Å². The molecule has 7 nitrogen and oxygen atoms in total. The number of para-hydroxylation sites is 1. The van der Waals surface area contributed by atoms with Crippen LogP contribution in [0.4, 0.5) is 0 Å². The van der Waals surface area contributed by atoms with Crippen LogP contribution in [0.5, 0.6) is 5.75 Å². The number of aromatic nitrogens is 2. The molecule has 1 unspecified atom stereocenters. The largest absolute Gasteiger partial charge is 0.494 e. The van der Waals surface area contributed by atoms with Crippen LogP contribution in [0, 0.1) is 0 Å². The molecule has 0 N–H and O–H groups in total. The van der Waals surface area contributed by atoms with Crippen LogP contribution in [0.25, 0.3) is 16.6 Å². The van der Waals surface area contributed by atoms with Crippen molar-refractivity contribution in [2.45, 2.75) is 26.3 Å². The second-order valence-corrected chi connectivity index (χ2v) is 9.41. The fourth-order valence-corrected chi connectivity index (χ4v) is 4.71. The molecule has 4 rings (SSSR count). The minimum absolute atomic E-state index is 0.220. The van der Waals surface area contributed by atoms with E-state index < -0.39 is 6.04 Å². The van der Waals surface area contributed by atoms with Gasteiger partial charge in [0.2, 0.25) is 0 Å². The van der Waals surface area contributed by atoms with Crippen molar-refractivity contribution in [1.29, 1.82) is 0 Å². The molecule has 0 saturated carbocycles. The zero-order valence-corrected chi connectivity index (χ0v) is 23.0. The third kappa shape index (κ3) is 5.70. The standard InChI is InChI=1S/C29H29Cl2N3O4/c1-4-26(33(16-17-37-3)28(35)19-10-15-23(30)24(31)18-19)27-32-25-9-7-6-8-22(25)29(36)34(27)20-11-13-21(14-12-20)38-5-2/h6-15,18,26H,4-5,16-17H2,1-3H3. The summed E-state index contributed by atoms with van der Waals surface area (Å²) in [5.74, 6) is 0.876. The number of carbonyl (C=O) groups excluding carboxylic acids is 1. The summed E-state index contributed by atoms with van der Waals surface area (Å²) in [6, 6.07) is 18.7. The van der Waals surface area contributed by atoms with Gasteiger partial charge in [-0.2, -0.15) is 0 Å².